The first-order chi connectivity index (χ1) is 10.9. The van der Waals surface area contributed by atoms with E-state index >= 15 is 0 Å². The van der Waals surface area contributed by atoms with Gasteiger partial charge in [-0.05, 0) is 72.1 Å². The van der Waals surface area contributed by atoms with E-state index in [-0.39, 0.29) is 11.6 Å². The van der Waals surface area contributed by atoms with Crippen LogP contribution in [0.15, 0.2) is 54.1 Å². The van der Waals surface area contributed by atoms with Crippen LogP contribution in [0, 0.1) is 17.0 Å². The molecule has 0 aliphatic heterocycles. The monoisotopic (exact) mass is 312 g/mol. The highest BCUT2D eigenvalue weighted by molar-refractivity contribution is 5.82. The molecule has 2 aromatic carbocycles. The summed E-state index contributed by atoms with van der Waals surface area (Å²) in [5.41, 5.74) is 4.92. The van der Waals surface area contributed by atoms with Gasteiger partial charge in [-0.15, -0.1) is 0 Å². The van der Waals surface area contributed by atoms with Crippen molar-refractivity contribution < 1.29 is 8.78 Å². The van der Waals surface area contributed by atoms with Crippen LogP contribution in [-0.4, -0.2) is 0 Å². The lowest BCUT2D eigenvalue weighted by atomic mass is 9.73. The molecular weight excluding hydrogens is 290 g/mol. The Morgan fingerprint density at radius 3 is 1.52 bits per heavy atom. The smallest absolute Gasteiger partial charge is 0.123 e. The third-order valence-electron chi connectivity index (χ3n) is 4.83. The summed E-state index contributed by atoms with van der Waals surface area (Å²) in [5.74, 6) is -0.469. The highest BCUT2D eigenvalue weighted by Crippen LogP contribution is 2.42. The fourth-order valence-corrected chi connectivity index (χ4v) is 3.29. The van der Waals surface area contributed by atoms with Crippen LogP contribution in [0.25, 0.3) is 5.57 Å². The predicted molar refractivity (Wildman–Crippen MR) is 91.1 cm³/mol. The molecule has 0 atom stereocenters. The summed E-state index contributed by atoms with van der Waals surface area (Å²) in [6, 6.07) is 13.2. The summed E-state index contributed by atoms with van der Waals surface area (Å²) < 4.78 is 26.6. The molecule has 120 valence electrons. The topological polar surface area (TPSA) is 0 Å². The fourth-order valence-electron chi connectivity index (χ4n) is 3.29. The first-order valence-electron chi connectivity index (χ1n) is 8.18. The van der Waals surface area contributed by atoms with E-state index in [1.165, 1.54) is 29.8 Å². The average Bonchev–Trinajstić information content (AvgIpc) is 2.53. The van der Waals surface area contributed by atoms with Crippen molar-refractivity contribution in [3.63, 3.8) is 0 Å². The van der Waals surface area contributed by atoms with E-state index in [2.05, 4.69) is 13.8 Å². The van der Waals surface area contributed by atoms with Crippen molar-refractivity contribution in [1.82, 2.24) is 0 Å². The zero-order valence-electron chi connectivity index (χ0n) is 13.7. The van der Waals surface area contributed by atoms with Crippen molar-refractivity contribution >= 4 is 5.57 Å². The van der Waals surface area contributed by atoms with Crippen LogP contribution in [0.3, 0.4) is 0 Å². The van der Waals surface area contributed by atoms with Gasteiger partial charge < -0.3 is 0 Å². The van der Waals surface area contributed by atoms with E-state index in [1.54, 1.807) is 0 Å². The third kappa shape index (κ3) is 3.69. The maximum atomic E-state index is 13.3. The van der Waals surface area contributed by atoms with Crippen molar-refractivity contribution in [1.29, 1.82) is 0 Å². The Morgan fingerprint density at radius 1 is 0.739 bits per heavy atom. The van der Waals surface area contributed by atoms with E-state index in [0.29, 0.717) is 5.41 Å². The highest BCUT2D eigenvalue weighted by atomic mass is 19.1. The molecule has 0 aromatic heterocycles. The van der Waals surface area contributed by atoms with Crippen molar-refractivity contribution in [2.24, 2.45) is 5.41 Å². The Bertz CT molecular complexity index is 647. The van der Waals surface area contributed by atoms with Crippen molar-refractivity contribution in [3.05, 3.63) is 76.9 Å². The number of halogens is 2. The van der Waals surface area contributed by atoms with E-state index in [4.69, 9.17) is 0 Å². The van der Waals surface area contributed by atoms with E-state index in [9.17, 15) is 8.78 Å². The fraction of sp³-hybridized carbons (Fsp3) is 0.333. The van der Waals surface area contributed by atoms with Crippen LogP contribution in [0.5, 0.6) is 0 Å². The zero-order valence-corrected chi connectivity index (χ0v) is 13.7. The van der Waals surface area contributed by atoms with Gasteiger partial charge in [0.05, 0.1) is 0 Å². The lowest BCUT2D eigenvalue weighted by molar-refractivity contribution is 0.279. The molecule has 0 saturated heterocycles. The van der Waals surface area contributed by atoms with Gasteiger partial charge in [0, 0.05) is 0 Å². The minimum Gasteiger partial charge on any atom is -0.207 e. The van der Waals surface area contributed by atoms with Crippen LogP contribution < -0.4 is 0 Å². The van der Waals surface area contributed by atoms with Gasteiger partial charge >= 0.3 is 0 Å². The molecule has 1 aliphatic rings. The van der Waals surface area contributed by atoms with Gasteiger partial charge in [0.25, 0.3) is 0 Å². The number of rotatable bonds is 2. The molecule has 0 unspecified atom stereocenters. The summed E-state index contributed by atoms with van der Waals surface area (Å²) in [5, 5.41) is 0. The molecule has 1 aliphatic carbocycles. The maximum Gasteiger partial charge on any atom is 0.123 e. The van der Waals surface area contributed by atoms with Crippen LogP contribution in [-0.2, 0) is 0 Å². The molecule has 0 radical (unpaired) electrons. The SMILES string of the molecule is CC1(C)CCC(=C(c2ccc(F)cc2)c2ccc(F)cc2)CC1. The molecule has 1 fully saturated rings. The summed E-state index contributed by atoms with van der Waals surface area (Å²) in [6.45, 7) is 4.61. The highest BCUT2D eigenvalue weighted by Gasteiger charge is 2.25. The third-order valence-corrected chi connectivity index (χ3v) is 4.83. The molecule has 0 nitrogen and oxygen atoms in total. The summed E-state index contributed by atoms with van der Waals surface area (Å²) in [6.07, 6.45) is 4.37. The molecule has 0 heterocycles. The van der Waals surface area contributed by atoms with E-state index in [0.717, 1.165) is 42.4 Å². The number of benzene rings is 2. The lowest BCUT2D eigenvalue weighted by Gasteiger charge is -2.32. The normalized spacial score (nSPS) is 17.1. The van der Waals surface area contributed by atoms with Crippen LogP contribution >= 0.6 is 0 Å². The van der Waals surface area contributed by atoms with Gasteiger partial charge in [-0.25, -0.2) is 8.78 Å². The standard InChI is InChI=1S/C21H22F2/c1-21(2)13-11-17(12-14-21)20(15-3-7-18(22)8-4-15)16-5-9-19(23)10-6-16/h3-10H,11-14H2,1-2H3. The van der Waals surface area contributed by atoms with Crippen LogP contribution in [0.1, 0.15) is 50.7 Å². The number of allylic oxidation sites excluding steroid dienone is 1. The second-order valence-corrected chi connectivity index (χ2v) is 7.16. The first kappa shape index (κ1) is 15.9. The van der Waals surface area contributed by atoms with Crippen LogP contribution in [0.2, 0.25) is 0 Å². The summed E-state index contributed by atoms with van der Waals surface area (Å²) in [7, 11) is 0. The molecule has 0 N–H and O–H groups in total. The van der Waals surface area contributed by atoms with Gasteiger partial charge in [-0.1, -0.05) is 43.7 Å². The molecule has 0 amide bonds. The minimum atomic E-state index is -0.234. The Morgan fingerprint density at radius 2 is 1.13 bits per heavy atom. The minimum absolute atomic E-state index is 0.234. The summed E-state index contributed by atoms with van der Waals surface area (Å²) >= 11 is 0. The average molecular weight is 312 g/mol. The molecule has 0 bridgehead atoms. The largest absolute Gasteiger partial charge is 0.207 e. The lowest BCUT2D eigenvalue weighted by Crippen LogP contribution is -2.17. The molecule has 2 aromatic rings. The number of hydrogen-bond donors (Lipinski definition) is 0. The van der Waals surface area contributed by atoms with Gasteiger partial charge in [-0.2, -0.15) is 0 Å². The van der Waals surface area contributed by atoms with Crippen molar-refractivity contribution in [2.75, 3.05) is 0 Å². The number of hydrogen-bond acceptors (Lipinski definition) is 0. The Kier molecular flexibility index (Phi) is 4.34. The molecule has 1 saturated carbocycles. The van der Waals surface area contributed by atoms with Gasteiger partial charge in [0.15, 0.2) is 0 Å². The van der Waals surface area contributed by atoms with Gasteiger partial charge in [0.1, 0.15) is 11.6 Å². The second-order valence-electron chi connectivity index (χ2n) is 7.16. The van der Waals surface area contributed by atoms with Gasteiger partial charge in [0.2, 0.25) is 0 Å². The molecular formula is C21H22F2. The molecule has 0 spiro atoms. The predicted octanol–water partition coefficient (Wildman–Crippen LogP) is 6.37. The van der Waals surface area contributed by atoms with Crippen LogP contribution in [0.4, 0.5) is 8.78 Å². The first-order valence-corrected chi connectivity index (χ1v) is 8.18. The quantitative estimate of drug-likeness (QED) is 0.604. The van der Waals surface area contributed by atoms with Crippen molar-refractivity contribution in [3.8, 4) is 0 Å². The molecule has 3 rings (SSSR count). The zero-order chi connectivity index (χ0) is 16.4. The molecule has 2 heteroatoms. The summed E-state index contributed by atoms with van der Waals surface area (Å²) in [4.78, 5) is 0. The van der Waals surface area contributed by atoms with E-state index in [1.807, 2.05) is 24.3 Å². The van der Waals surface area contributed by atoms with Gasteiger partial charge in [-0.3, -0.25) is 0 Å². The Hall–Kier alpha value is -1.96. The van der Waals surface area contributed by atoms with E-state index < -0.39 is 0 Å². The second kappa shape index (κ2) is 6.27. The van der Waals surface area contributed by atoms with Crippen molar-refractivity contribution in [2.45, 2.75) is 39.5 Å². The Labute approximate surface area is 136 Å². The molecule has 23 heavy (non-hydrogen) atoms. The maximum absolute atomic E-state index is 13.3. The Balaban J connectivity index is 2.07.